The second kappa shape index (κ2) is 6.01. The highest BCUT2D eigenvalue weighted by Crippen LogP contribution is 2.32. The highest BCUT2D eigenvalue weighted by atomic mass is 32.1. The van der Waals surface area contributed by atoms with Gasteiger partial charge in [-0.25, -0.2) is 4.98 Å². The van der Waals surface area contributed by atoms with Crippen molar-refractivity contribution in [2.45, 2.75) is 19.3 Å². The molecule has 1 aliphatic heterocycles. The molecule has 0 spiro atoms. The van der Waals surface area contributed by atoms with Crippen molar-refractivity contribution in [3.05, 3.63) is 28.3 Å². The summed E-state index contributed by atoms with van der Waals surface area (Å²) in [5.41, 5.74) is 0.877. The Bertz CT molecular complexity index is 794. The molecular formula is C16H18N4O3S. The lowest BCUT2D eigenvalue weighted by Crippen LogP contribution is -2.51. The number of carbonyl (C=O) groups is 1. The minimum absolute atomic E-state index is 0.0913. The number of benzene rings is 1. The predicted octanol–water partition coefficient (Wildman–Crippen LogP) is 2.65. The van der Waals surface area contributed by atoms with E-state index in [0.717, 1.165) is 54.4 Å². The van der Waals surface area contributed by atoms with Gasteiger partial charge < -0.3 is 9.80 Å². The zero-order valence-electron chi connectivity index (χ0n) is 13.2. The molecule has 1 aromatic heterocycles. The lowest BCUT2D eigenvalue weighted by atomic mass is 9.84. The minimum atomic E-state index is -0.385. The van der Waals surface area contributed by atoms with Crippen molar-refractivity contribution in [3.8, 4) is 0 Å². The molecule has 1 amide bonds. The summed E-state index contributed by atoms with van der Waals surface area (Å²) >= 11 is 1.47. The van der Waals surface area contributed by atoms with Gasteiger partial charge in [-0.3, -0.25) is 14.9 Å². The van der Waals surface area contributed by atoms with Crippen molar-refractivity contribution < 1.29 is 9.72 Å². The molecule has 4 rings (SSSR count). The third-order valence-electron chi connectivity index (χ3n) is 4.89. The van der Waals surface area contributed by atoms with Gasteiger partial charge in [0, 0.05) is 44.2 Å². The molecule has 0 atom stereocenters. The third kappa shape index (κ3) is 2.71. The van der Waals surface area contributed by atoms with Gasteiger partial charge >= 0.3 is 0 Å². The topological polar surface area (TPSA) is 79.6 Å². The molecule has 0 N–H and O–H groups in total. The first-order valence-electron chi connectivity index (χ1n) is 8.20. The normalized spacial score (nSPS) is 18.7. The number of non-ortho nitro benzene ring substituents is 1. The van der Waals surface area contributed by atoms with Crippen LogP contribution in [0.4, 0.5) is 10.8 Å². The van der Waals surface area contributed by atoms with Gasteiger partial charge in [0.05, 0.1) is 15.1 Å². The van der Waals surface area contributed by atoms with Crippen LogP contribution in [0, 0.1) is 16.0 Å². The second-order valence-corrected chi connectivity index (χ2v) is 7.35. The number of aromatic nitrogens is 1. The SMILES string of the molecule is O=C(C1CCC1)N1CCN(c2nc3ccc([N+](=O)[O-])cc3s2)CC1. The summed E-state index contributed by atoms with van der Waals surface area (Å²) in [6.45, 7) is 2.98. The van der Waals surface area contributed by atoms with E-state index < -0.39 is 0 Å². The van der Waals surface area contributed by atoms with E-state index in [1.165, 1.54) is 23.8 Å². The van der Waals surface area contributed by atoms with Gasteiger partial charge in [0.1, 0.15) is 0 Å². The number of piperazine rings is 1. The molecule has 7 nitrogen and oxygen atoms in total. The van der Waals surface area contributed by atoms with E-state index in [1.54, 1.807) is 12.1 Å². The van der Waals surface area contributed by atoms with Crippen LogP contribution in [-0.4, -0.2) is 46.9 Å². The van der Waals surface area contributed by atoms with E-state index in [9.17, 15) is 14.9 Å². The molecular weight excluding hydrogens is 328 g/mol. The van der Waals surface area contributed by atoms with Gasteiger partial charge in [-0.05, 0) is 18.9 Å². The van der Waals surface area contributed by atoms with Crippen LogP contribution >= 0.6 is 11.3 Å². The number of hydrogen-bond donors (Lipinski definition) is 0. The summed E-state index contributed by atoms with van der Waals surface area (Å²) in [7, 11) is 0. The van der Waals surface area contributed by atoms with E-state index in [1.807, 2.05) is 4.90 Å². The Balaban J connectivity index is 1.46. The average molecular weight is 346 g/mol. The molecule has 8 heteroatoms. The Morgan fingerprint density at radius 2 is 2.00 bits per heavy atom. The number of carbonyl (C=O) groups excluding carboxylic acids is 1. The van der Waals surface area contributed by atoms with Crippen molar-refractivity contribution in [3.63, 3.8) is 0 Å². The summed E-state index contributed by atoms with van der Waals surface area (Å²) in [6, 6.07) is 4.76. The van der Waals surface area contributed by atoms with Gasteiger partial charge in [0.15, 0.2) is 5.13 Å². The number of amides is 1. The average Bonchev–Trinajstić information content (AvgIpc) is 2.96. The van der Waals surface area contributed by atoms with Crippen LogP contribution in [0.1, 0.15) is 19.3 Å². The van der Waals surface area contributed by atoms with Crippen LogP contribution in [0.3, 0.4) is 0 Å². The molecule has 1 saturated heterocycles. The van der Waals surface area contributed by atoms with Crippen LogP contribution in [-0.2, 0) is 4.79 Å². The van der Waals surface area contributed by atoms with Gasteiger partial charge in [0.2, 0.25) is 5.91 Å². The first kappa shape index (κ1) is 15.3. The summed E-state index contributed by atoms with van der Waals surface area (Å²) in [5, 5.41) is 11.8. The summed E-state index contributed by atoms with van der Waals surface area (Å²) in [4.78, 5) is 31.5. The summed E-state index contributed by atoms with van der Waals surface area (Å²) < 4.78 is 0.826. The standard InChI is InChI=1S/C16H18N4O3S/c21-15(11-2-1-3-11)18-6-8-19(9-7-18)16-17-13-5-4-12(20(22)23)10-14(13)24-16/h4-5,10-11H,1-3,6-9H2. The van der Waals surface area contributed by atoms with E-state index in [0.29, 0.717) is 5.91 Å². The van der Waals surface area contributed by atoms with Crippen LogP contribution < -0.4 is 4.90 Å². The molecule has 0 radical (unpaired) electrons. The first-order chi connectivity index (χ1) is 11.6. The highest BCUT2D eigenvalue weighted by molar-refractivity contribution is 7.22. The maximum Gasteiger partial charge on any atom is 0.270 e. The number of hydrogen-bond acceptors (Lipinski definition) is 6. The molecule has 2 fully saturated rings. The Labute approximate surface area is 143 Å². The van der Waals surface area contributed by atoms with Crippen molar-refractivity contribution >= 4 is 38.3 Å². The molecule has 0 unspecified atom stereocenters. The number of nitrogens with zero attached hydrogens (tertiary/aromatic N) is 4. The maximum absolute atomic E-state index is 12.3. The number of nitro groups is 1. The number of nitro benzene ring substituents is 1. The van der Waals surface area contributed by atoms with Gasteiger partial charge in [-0.2, -0.15) is 0 Å². The number of thiazole rings is 1. The molecule has 1 aliphatic carbocycles. The lowest BCUT2D eigenvalue weighted by Gasteiger charge is -2.38. The zero-order valence-corrected chi connectivity index (χ0v) is 14.0. The van der Waals surface area contributed by atoms with E-state index in [-0.39, 0.29) is 16.5 Å². The number of rotatable bonds is 3. The fraction of sp³-hybridized carbons (Fsp3) is 0.500. The van der Waals surface area contributed by atoms with Crippen molar-refractivity contribution in [2.75, 3.05) is 31.1 Å². The molecule has 1 aromatic carbocycles. The minimum Gasteiger partial charge on any atom is -0.345 e. The molecule has 24 heavy (non-hydrogen) atoms. The van der Waals surface area contributed by atoms with Gasteiger partial charge in [-0.15, -0.1) is 0 Å². The Kier molecular flexibility index (Phi) is 3.84. The van der Waals surface area contributed by atoms with E-state index in [4.69, 9.17) is 0 Å². The molecule has 1 saturated carbocycles. The van der Waals surface area contributed by atoms with Gasteiger partial charge in [-0.1, -0.05) is 17.8 Å². The Hall–Kier alpha value is -2.22. The molecule has 2 aliphatic rings. The molecule has 2 heterocycles. The monoisotopic (exact) mass is 346 g/mol. The fourth-order valence-corrected chi connectivity index (χ4v) is 4.23. The predicted molar refractivity (Wildman–Crippen MR) is 92.4 cm³/mol. The Morgan fingerprint density at radius 3 is 2.62 bits per heavy atom. The Morgan fingerprint density at radius 1 is 1.25 bits per heavy atom. The van der Waals surface area contributed by atoms with Crippen LogP contribution in [0.5, 0.6) is 0 Å². The summed E-state index contributed by atoms with van der Waals surface area (Å²) in [5.74, 6) is 0.556. The quantitative estimate of drug-likeness (QED) is 0.630. The molecule has 0 bridgehead atoms. The van der Waals surface area contributed by atoms with Crippen molar-refractivity contribution in [2.24, 2.45) is 5.92 Å². The number of fused-ring (bicyclic) bond motifs is 1. The molecule has 2 aromatic rings. The lowest BCUT2D eigenvalue weighted by molar-refractivity contribution is -0.384. The van der Waals surface area contributed by atoms with Crippen LogP contribution in [0.2, 0.25) is 0 Å². The highest BCUT2D eigenvalue weighted by Gasteiger charge is 2.31. The van der Waals surface area contributed by atoms with E-state index >= 15 is 0 Å². The maximum atomic E-state index is 12.3. The van der Waals surface area contributed by atoms with Crippen molar-refractivity contribution in [1.82, 2.24) is 9.88 Å². The smallest absolute Gasteiger partial charge is 0.270 e. The van der Waals surface area contributed by atoms with Gasteiger partial charge in [0.25, 0.3) is 5.69 Å². The largest absolute Gasteiger partial charge is 0.345 e. The van der Waals surface area contributed by atoms with Crippen LogP contribution in [0.25, 0.3) is 10.2 Å². The fourth-order valence-electron chi connectivity index (χ4n) is 3.18. The van der Waals surface area contributed by atoms with Crippen molar-refractivity contribution in [1.29, 1.82) is 0 Å². The zero-order chi connectivity index (χ0) is 16.7. The summed E-state index contributed by atoms with van der Waals surface area (Å²) in [6.07, 6.45) is 3.25. The molecule has 126 valence electrons. The third-order valence-corrected chi connectivity index (χ3v) is 5.97. The van der Waals surface area contributed by atoms with Crippen LogP contribution in [0.15, 0.2) is 18.2 Å². The van der Waals surface area contributed by atoms with E-state index in [2.05, 4.69) is 9.88 Å². The first-order valence-corrected chi connectivity index (χ1v) is 9.02. The number of anilines is 1. The second-order valence-electron chi connectivity index (χ2n) is 6.35.